The molecule has 0 bridgehead atoms. The topological polar surface area (TPSA) is 12.9 Å². The van der Waals surface area contributed by atoms with Gasteiger partial charge in [0.2, 0.25) is 0 Å². The number of pyridine rings is 1. The molecule has 1 nitrogen and oxygen atoms in total. The fraction of sp³-hybridized carbons (Fsp3) is 0.308. The van der Waals surface area contributed by atoms with E-state index in [9.17, 15) is 0 Å². The third-order valence-electron chi connectivity index (χ3n) is 2.52. The SMILES string of the molecule is CC(C)(C)c1cc2cc(Cl)cc(Cl)c2cn1. The van der Waals surface area contributed by atoms with Crippen molar-refractivity contribution in [3.05, 3.63) is 40.1 Å². The predicted octanol–water partition coefficient (Wildman–Crippen LogP) is 4.84. The molecular weight excluding hydrogens is 241 g/mol. The summed E-state index contributed by atoms with van der Waals surface area (Å²) in [5.41, 5.74) is 1.07. The maximum absolute atomic E-state index is 6.10. The summed E-state index contributed by atoms with van der Waals surface area (Å²) in [6, 6.07) is 5.71. The molecule has 1 aromatic heterocycles. The first kappa shape index (κ1) is 11.7. The summed E-state index contributed by atoms with van der Waals surface area (Å²) in [6.07, 6.45) is 1.81. The van der Waals surface area contributed by atoms with E-state index in [4.69, 9.17) is 23.2 Å². The summed E-state index contributed by atoms with van der Waals surface area (Å²) in [4.78, 5) is 4.44. The number of benzene rings is 1. The Hall–Kier alpha value is -0.790. The van der Waals surface area contributed by atoms with Gasteiger partial charge in [-0.05, 0) is 23.6 Å². The van der Waals surface area contributed by atoms with Crippen molar-refractivity contribution in [1.29, 1.82) is 0 Å². The van der Waals surface area contributed by atoms with Crippen molar-refractivity contribution < 1.29 is 0 Å². The second-order valence-electron chi connectivity index (χ2n) is 4.93. The molecule has 0 aliphatic heterocycles. The minimum atomic E-state index is 0.0307. The number of hydrogen-bond acceptors (Lipinski definition) is 1. The zero-order valence-corrected chi connectivity index (χ0v) is 11.0. The third kappa shape index (κ3) is 2.16. The van der Waals surface area contributed by atoms with Gasteiger partial charge in [0.15, 0.2) is 0 Å². The van der Waals surface area contributed by atoms with Crippen LogP contribution in [0.15, 0.2) is 24.4 Å². The van der Waals surface area contributed by atoms with Gasteiger partial charge in [-0.25, -0.2) is 0 Å². The molecule has 0 saturated carbocycles. The maximum Gasteiger partial charge on any atom is 0.0514 e. The van der Waals surface area contributed by atoms with Gasteiger partial charge in [0.05, 0.1) is 5.02 Å². The highest BCUT2D eigenvalue weighted by molar-refractivity contribution is 6.38. The van der Waals surface area contributed by atoms with Crippen LogP contribution in [0.2, 0.25) is 10.0 Å². The fourth-order valence-corrected chi connectivity index (χ4v) is 2.15. The van der Waals surface area contributed by atoms with Crippen LogP contribution >= 0.6 is 23.2 Å². The van der Waals surface area contributed by atoms with Crippen LogP contribution < -0.4 is 0 Å². The minimum absolute atomic E-state index is 0.0307. The molecule has 0 spiro atoms. The summed E-state index contributed by atoms with van der Waals surface area (Å²) in [5, 5.41) is 3.29. The van der Waals surface area contributed by atoms with Gasteiger partial charge in [0.1, 0.15) is 0 Å². The van der Waals surface area contributed by atoms with E-state index in [-0.39, 0.29) is 5.41 Å². The quantitative estimate of drug-likeness (QED) is 0.655. The molecule has 0 amide bonds. The molecule has 1 heterocycles. The zero-order valence-electron chi connectivity index (χ0n) is 9.51. The Bertz CT molecular complexity index is 541. The largest absolute Gasteiger partial charge is 0.260 e. The summed E-state index contributed by atoms with van der Waals surface area (Å²) >= 11 is 12.1. The van der Waals surface area contributed by atoms with E-state index in [0.29, 0.717) is 10.0 Å². The van der Waals surface area contributed by atoms with Crippen LogP contribution in [0.4, 0.5) is 0 Å². The minimum Gasteiger partial charge on any atom is -0.260 e. The van der Waals surface area contributed by atoms with Gasteiger partial charge < -0.3 is 0 Å². The number of fused-ring (bicyclic) bond motifs is 1. The van der Waals surface area contributed by atoms with E-state index in [1.165, 1.54) is 0 Å². The molecule has 84 valence electrons. The van der Waals surface area contributed by atoms with Crippen molar-refractivity contribution >= 4 is 34.0 Å². The van der Waals surface area contributed by atoms with Crippen molar-refractivity contribution in [2.45, 2.75) is 26.2 Å². The van der Waals surface area contributed by atoms with Crippen LogP contribution in [-0.2, 0) is 5.41 Å². The Labute approximate surface area is 105 Å². The lowest BCUT2D eigenvalue weighted by molar-refractivity contribution is 0.570. The van der Waals surface area contributed by atoms with E-state index < -0.39 is 0 Å². The third-order valence-corrected chi connectivity index (χ3v) is 3.05. The van der Waals surface area contributed by atoms with Crippen molar-refractivity contribution in [3.63, 3.8) is 0 Å². The van der Waals surface area contributed by atoms with E-state index in [1.54, 1.807) is 6.07 Å². The van der Waals surface area contributed by atoms with Crippen molar-refractivity contribution in [1.82, 2.24) is 4.98 Å². The molecule has 16 heavy (non-hydrogen) atoms. The Morgan fingerprint density at radius 2 is 1.75 bits per heavy atom. The Balaban J connectivity index is 2.71. The number of nitrogens with zero attached hydrogens (tertiary/aromatic N) is 1. The summed E-state index contributed by atoms with van der Waals surface area (Å²) in [5.74, 6) is 0. The van der Waals surface area contributed by atoms with E-state index in [1.807, 2.05) is 18.3 Å². The lowest BCUT2D eigenvalue weighted by Gasteiger charge is -2.18. The zero-order chi connectivity index (χ0) is 11.9. The Morgan fingerprint density at radius 1 is 1.06 bits per heavy atom. The highest BCUT2D eigenvalue weighted by Gasteiger charge is 2.16. The first-order valence-corrected chi connectivity index (χ1v) is 5.89. The molecule has 2 rings (SSSR count). The van der Waals surface area contributed by atoms with Crippen LogP contribution in [0.25, 0.3) is 10.8 Å². The molecule has 0 atom stereocenters. The molecular formula is C13H13Cl2N. The summed E-state index contributed by atoms with van der Waals surface area (Å²) in [6.45, 7) is 6.40. The highest BCUT2D eigenvalue weighted by Crippen LogP contribution is 2.30. The van der Waals surface area contributed by atoms with Gasteiger partial charge in [-0.15, -0.1) is 0 Å². The Kier molecular flexibility index (Phi) is 2.85. The standard InChI is InChI=1S/C13H13Cl2N/c1-13(2,3)12-5-8-4-9(14)6-11(15)10(8)7-16-12/h4-7H,1-3H3. The predicted molar refractivity (Wildman–Crippen MR) is 70.5 cm³/mol. The molecule has 0 aliphatic rings. The first-order valence-electron chi connectivity index (χ1n) is 5.13. The van der Waals surface area contributed by atoms with Crippen LogP contribution in [0.5, 0.6) is 0 Å². The van der Waals surface area contributed by atoms with E-state index in [2.05, 4.69) is 25.8 Å². The fourth-order valence-electron chi connectivity index (χ4n) is 1.59. The second-order valence-corrected chi connectivity index (χ2v) is 5.77. The van der Waals surface area contributed by atoms with Gasteiger partial charge in [-0.1, -0.05) is 44.0 Å². The maximum atomic E-state index is 6.10. The number of hydrogen-bond donors (Lipinski definition) is 0. The normalized spacial score (nSPS) is 12.1. The first-order chi connectivity index (χ1) is 7.38. The lowest BCUT2D eigenvalue weighted by atomic mass is 9.91. The highest BCUT2D eigenvalue weighted by atomic mass is 35.5. The van der Waals surface area contributed by atoms with Crippen molar-refractivity contribution in [3.8, 4) is 0 Å². The lowest BCUT2D eigenvalue weighted by Crippen LogP contribution is -2.12. The second kappa shape index (κ2) is 3.90. The monoisotopic (exact) mass is 253 g/mol. The van der Waals surface area contributed by atoms with Gasteiger partial charge in [-0.3, -0.25) is 4.98 Å². The van der Waals surface area contributed by atoms with Crippen molar-refractivity contribution in [2.24, 2.45) is 0 Å². The van der Waals surface area contributed by atoms with Crippen LogP contribution in [0.1, 0.15) is 26.5 Å². The molecule has 1 aromatic carbocycles. The number of halogens is 2. The molecule has 2 aromatic rings. The summed E-state index contributed by atoms with van der Waals surface area (Å²) < 4.78 is 0. The number of rotatable bonds is 0. The van der Waals surface area contributed by atoms with Crippen LogP contribution in [0, 0.1) is 0 Å². The average Bonchev–Trinajstić information content (AvgIpc) is 2.15. The average molecular weight is 254 g/mol. The summed E-state index contributed by atoms with van der Waals surface area (Å²) in [7, 11) is 0. The van der Waals surface area contributed by atoms with Crippen molar-refractivity contribution in [2.75, 3.05) is 0 Å². The molecule has 0 unspecified atom stereocenters. The molecule has 0 saturated heterocycles. The van der Waals surface area contributed by atoms with E-state index >= 15 is 0 Å². The van der Waals surface area contributed by atoms with Gasteiger partial charge in [-0.2, -0.15) is 0 Å². The van der Waals surface area contributed by atoms with Crippen LogP contribution in [0.3, 0.4) is 0 Å². The van der Waals surface area contributed by atoms with Crippen LogP contribution in [-0.4, -0.2) is 4.98 Å². The molecule has 0 aliphatic carbocycles. The van der Waals surface area contributed by atoms with Gasteiger partial charge in [0.25, 0.3) is 0 Å². The molecule has 0 radical (unpaired) electrons. The van der Waals surface area contributed by atoms with E-state index in [0.717, 1.165) is 16.5 Å². The van der Waals surface area contributed by atoms with Gasteiger partial charge in [0, 0.05) is 27.7 Å². The number of aromatic nitrogens is 1. The molecule has 0 fully saturated rings. The van der Waals surface area contributed by atoms with Gasteiger partial charge >= 0.3 is 0 Å². The Morgan fingerprint density at radius 3 is 2.38 bits per heavy atom. The molecule has 0 N–H and O–H groups in total. The molecule has 3 heteroatoms. The smallest absolute Gasteiger partial charge is 0.0514 e.